The molecule has 1 atom stereocenters. The Bertz CT molecular complexity index is 427. The molecule has 16 heavy (non-hydrogen) atoms. The maximum Gasteiger partial charge on any atom is 0.227 e. The Kier molecular flexibility index (Phi) is 3.39. The maximum atomic E-state index is 11.8. The Hall–Kier alpha value is -0.750. The lowest BCUT2D eigenvalue weighted by Gasteiger charge is -2.18. The number of pyridine rings is 1. The van der Waals surface area contributed by atoms with E-state index in [-0.39, 0.29) is 5.91 Å². The van der Waals surface area contributed by atoms with Crippen molar-refractivity contribution < 1.29 is 4.79 Å². The molecule has 2 N–H and O–H groups in total. The van der Waals surface area contributed by atoms with Crippen LogP contribution in [0.3, 0.4) is 0 Å². The van der Waals surface area contributed by atoms with Crippen LogP contribution < -0.4 is 10.6 Å². The summed E-state index contributed by atoms with van der Waals surface area (Å²) in [4.78, 5) is 17.5. The second-order valence-electron chi connectivity index (χ2n) is 3.81. The molecule has 0 radical (unpaired) electrons. The molecule has 1 aliphatic rings. The highest BCUT2D eigenvalue weighted by molar-refractivity contribution is 9.10. The van der Waals surface area contributed by atoms with Crippen LogP contribution in [-0.4, -0.2) is 23.2 Å². The third kappa shape index (κ3) is 2.04. The highest BCUT2D eigenvalue weighted by Gasteiger charge is 2.31. The van der Waals surface area contributed by atoms with E-state index in [0.717, 1.165) is 0 Å². The number of halogens is 1. The lowest BCUT2D eigenvalue weighted by atomic mass is 10.1. The molecule has 0 aromatic carbocycles. The van der Waals surface area contributed by atoms with E-state index in [0.29, 0.717) is 40.5 Å². The molecule has 86 valence electrons. The third-order valence-corrected chi connectivity index (χ3v) is 3.82. The average molecular weight is 302 g/mol. The topological polar surface area (TPSA) is 59.2 Å². The Morgan fingerprint density at radius 1 is 1.62 bits per heavy atom. The van der Waals surface area contributed by atoms with Crippen molar-refractivity contribution in [2.45, 2.75) is 6.42 Å². The highest BCUT2D eigenvalue weighted by Crippen LogP contribution is 2.33. The smallest absolute Gasteiger partial charge is 0.227 e. The van der Waals surface area contributed by atoms with Crippen LogP contribution >= 0.6 is 28.6 Å². The first-order valence-electron chi connectivity index (χ1n) is 4.93. The van der Waals surface area contributed by atoms with E-state index < -0.39 is 0 Å². The van der Waals surface area contributed by atoms with Crippen molar-refractivity contribution in [3.63, 3.8) is 0 Å². The zero-order chi connectivity index (χ0) is 11.7. The minimum atomic E-state index is 0.0886. The second kappa shape index (κ2) is 4.63. The number of anilines is 2. The van der Waals surface area contributed by atoms with Gasteiger partial charge >= 0.3 is 0 Å². The van der Waals surface area contributed by atoms with E-state index in [9.17, 15) is 4.79 Å². The number of nitrogens with zero attached hydrogens (tertiary/aromatic N) is 2. The van der Waals surface area contributed by atoms with E-state index in [1.165, 1.54) is 0 Å². The zero-order valence-electron chi connectivity index (χ0n) is 8.56. The quantitative estimate of drug-likeness (QED) is 0.818. The fourth-order valence-corrected chi connectivity index (χ4v) is 2.35. The Balaban J connectivity index is 2.31. The van der Waals surface area contributed by atoms with E-state index in [1.54, 1.807) is 17.3 Å². The average Bonchev–Trinajstić information content (AvgIpc) is 2.64. The molecule has 1 fully saturated rings. The molecule has 1 aliphatic heterocycles. The predicted molar refractivity (Wildman–Crippen MR) is 70.7 cm³/mol. The minimum absolute atomic E-state index is 0.0886. The highest BCUT2D eigenvalue weighted by atomic mass is 79.9. The normalized spacial score (nSPS) is 20.5. The fourth-order valence-electron chi connectivity index (χ4n) is 1.79. The molecule has 1 unspecified atom stereocenters. The number of hydrogen-bond acceptors (Lipinski definition) is 4. The summed E-state index contributed by atoms with van der Waals surface area (Å²) in [5.41, 5.74) is 7.15. The standard InChI is InChI=1S/C10H12BrN3OS/c11-7-2-13-3-8(10(7)12)14-4-6(5-16)1-9(14)15/h2-3,6,16H,1,4-5H2,(H2,12,13). The van der Waals surface area contributed by atoms with Gasteiger partial charge in [-0.15, -0.1) is 0 Å². The van der Waals surface area contributed by atoms with Gasteiger partial charge in [0, 0.05) is 19.2 Å². The third-order valence-electron chi connectivity index (χ3n) is 2.67. The van der Waals surface area contributed by atoms with Crippen LogP contribution in [0.5, 0.6) is 0 Å². The molecule has 2 rings (SSSR count). The molecule has 0 saturated carbocycles. The summed E-state index contributed by atoms with van der Waals surface area (Å²) < 4.78 is 0.715. The molecule has 1 saturated heterocycles. The lowest BCUT2D eigenvalue weighted by molar-refractivity contribution is -0.117. The van der Waals surface area contributed by atoms with Crippen molar-refractivity contribution in [2.24, 2.45) is 5.92 Å². The van der Waals surface area contributed by atoms with Crippen molar-refractivity contribution in [1.29, 1.82) is 0 Å². The summed E-state index contributed by atoms with van der Waals surface area (Å²) in [6, 6.07) is 0. The molecule has 4 nitrogen and oxygen atoms in total. The van der Waals surface area contributed by atoms with Crippen LogP contribution in [0.4, 0.5) is 11.4 Å². The van der Waals surface area contributed by atoms with Crippen LogP contribution in [-0.2, 0) is 4.79 Å². The zero-order valence-corrected chi connectivity index (χ0v) is 11.0. The van der Waals surface area contributed by atoms with Gasteiger partial charge in [0.2, 0.25) is 5.91 Å². The molecule has 1 aromatic heterocycles. The van der Waals surface area contributed by atoms with Gasteiger partial charge in [0.25, 0.3) is 0 Å². The van der Waals surface area contributed by atoms with Crippen molar-refractivity contribution in [2.75, 3.05) is 22.9 Å². The van der Waals surface area contributed by atoms with Crippen LogP contribution in [0.15, 0.2) is 16.9 Å². The van der Waals surface area contributed by atoms with E-state index in [4.69, 9.17) is 5.73 Å². The summed E-state index contributed by atoms with van der Waals surface area (Å²) >= 11 is 7.53. The molecular weight excluding hydrogens is 290 g/mol. The van der Waals surface area contributed by atoms with Crippen molar-refractivity contribution >= 4 is 45.8 Å². The Morgan fingerprint density at radius 2 is 2.38 bits per heavy atom. The number of amides is 1. The Labute approximate surface area is 108 Å². The molecule has 0 aliphatic carbocycles. The molecule has 2 heterocycles. The number of carbonyl (C=O) groups excluding carboxylic acids is 1. The summed E-state index contributed by atoms with van der Waals surface area (Å²) in [7, 11) is 0. The van der Waals surface area contributed by atoms with E-state index >= 15 is 0 Å². The van der Waals surface area contributed by atoms with Gasteiger partial charge in [0.05, 0.1) is 22.0 Å². The van der Waals surface area contributed by atoms with Gasteiger partial charge in [-0.25, -0.2) is 0 Å². The number of carbonyl (C=O) groups is 1. The predicted octanol–water partition coefficient (Wildman–Crippen LogP) is 1.71. The molecule has 1 amide bonds. The number of nitrogens with two attached hydrogens (primary N) is 1. The number of nitrogen functional groups attached to an aromatic ring is 1. The summed E-state index contributed by atoms with van der Waals surface area (Å²) in [6.07, 6.45) is 3.78. The van der Waals surface area contributed by atoms with Gasteiger partial charge < -0.3 is 10.6 Å². The van der Waals surface area contributed by atoms with Crippen LogP contribution in [0.2, 0.25) is 0 Å². The van der Waals surface area contributed by atoms with Gasteiger partial charge in [-0.05, 0) is 27.6 Å². The molecule has 0 spiro atoms. The monoisotopic (exact) mass is 301 g/mol. The molecule has 6 heteroatoms. The van der Waals surface area contributed by atoms with Gasteiger partial charge in [-0.3, -0.25) is 9.78 Å². The maximum absolute atomic E-state index is 11.8. The van der Waals surface area contributed by atoms with E-state index in [2.05, 4.69) is 33.5 Å². The SMILES string of the molecule is Nc1c(Br)cncc1N1CC(CS)CC1=O. The number of hydrogen-bond donors (Lipinski definition) is 2. The Morgan fingerprint density at radius 3 is 3.00 bits per heavy atom. The van der Waals surface area contributed by atoms with E-state index in [1.807, 2.05) is 0 Å². The summed E-state index contributed by atoms with van der Waals surface area (Å²) in [6.45, 7) is 0.671. The van der Waals surface area contributed by atoms with Crippen LogP contribution in [0, 0.1) is 5.92 Å². The largest absolute Gasteiger partial charge is 0.396 e. The van der Waals surface area contributed by atoms with Gasteiger partial charge in [-0.1, -0.05) is 0 Å². The van der Waals surface area contributed by atoms with Gasteiger partial charge in [-0.2, -0.15) is 12.6 Å². The van der Waals surface area contributed by atoms with Crippen molar-refractivity contribution in [3.05, 3.63) is 16.9 Å². The van der Waals surface area contributed by atoms with Gasteiger partial charge in [0.1, 0.15) is 0 Å². The molecule has 1 aromatic rings. The van der Waals surface area contributed by atoms with Gasteiger partial charge in [0.15, 0.2) is 0 Å². The number of aromatic nitrogens is 1. The first-order chi connectivity index (χ1) is 7.63. The van der Waals surface area contributed by atoms with Crippen molar-refractivity contribution in [3.8, 4) is 0 Å². The van der Waals surface area contributed by atoms with Crippen molar-refractivity contribution in [1.82, 2.24) is 4.98 Å². The molecular formula is C10H12BrN3OS. The number of thiol groups is 1. The van der Waals surface area contributed by atoms with Crippen LogP contribution in [0.1, 0.15) is 6.42 Å². The molecule has 0 bridgehead atoms. The second-order valence-corrected chi connectivity index (χ2v) is 5.03. The minimum Gasteiger partial charge on any atom is -0.396 e. The van der Waals surface area contributed by atoms with Crippen LogP contribution in [0.25, 0.3) is 0 Å². The lowest BCUT2D eigenvalue weighted by Crippen LogP contribution is -2.25. The number of rotatable bonds is 2. The first-order valence-corrected chi connectivity index (χ1v) is 6.36. The fraction of sp³-hybridized carbons (Fsp3) is 0.400. The summed E-state index contributed by atoms with van der Waals surface area (Å²) in [5.74, 6) is 1.10. The first kappa shape index (κ1) is 11.7. The summed E-state index contributed by atoms with van der Waals surface area (Å²) in [5, 5.41) is 0.